The van der Waals surface area contributed by atoms with Crippen LogP contribution in [0.4, 0.5) is 0 Å². The molecule has 0 saturated heterocycles. The quantitative estimate of drug-likeness (QED) is 0.636. The Morgan fingerprint density at radius 2 is 1.94 bits per heavy atom. The molecule has 1 nitrogen and oxygen atoms in total. The molecule has 0 heterocycles. The van der Waals surface area contributed by atoms with Gasteiger partial charge in [0.15, 0.2) is 0 Å². The lowest BCUT2D eigenvalue weighted by Crippen LogP contribution is -2.04. The average molecular weight is 253 g/mol. The first-order valence-electron chi connectivity index (χ1n) is 5.77. The Labute approximate surface area is 108 Å². The number of rotatable bonds is 5. The van der Waals surface area contributed by atoms with Crippen LogP contribution in [0.3, 0.4) is 0 Å². The highest BCUT2D eigenvalue weighted by atomic mass is 32.2. The van der Waals surface area contributed by atoms with Crippen LogP contribution >= 0.6 is 24.0 Å². The smallest absolute Gasteiger partial charge is 0.136 e. The summed E-state index contributed by atoms with van der Waals surface area (Å²) in [4.78, 5) is 1.24. The zero-order valence-electron chi connectivity index (χ0n) is 9.95. The molecule has 0 aliphatic rings. The minimum absolute atomic E-state index is 0.506. The third-order valence-corrected chi connectivity index (χ3v) is 3.51. The summed E-state index contributed by atoms with van der Waals surface area (Å²) < 4.78 is 0.506. The minimum atomic E-state index is 0.506. The van der Waals surface area contributed by atoms with Crippen molar-refractivity contribution in [2.45, 2.75) is 44.4 Å². The number of hydrogen-bond acceptors (Lipinski definition) is 2. The minimum Gasteiger partial charge on any atom is -0.384 e. The van der Waals surface area contributed by atoms with E-state index in [0.717, 1.165) is 19.3 Å². The average Bonchev–Trinajstić information content (AvgIpc) is 2.22. The van der Waals surface area contributed by atoms with Crippen molar-refractivity contribution in [3.05, 3.63) is 29.3 Å². The fraction of sp³-hybridized carbons (Fsp3) is 0.462. The van der Waals surface area contributed by atoms with Crippen LogP contribution in [0.15, 0.2) is 23.1 Å². The predicted octanol–water partition coefficient (Wildman–Crippen LogP) is 3.93. The molecular formula is C13H19NS2. The zero-order chi connectivity index (χ0) is 12.0. The van der Waals surface area contributed by atoms with Crippen LogP contribution < -0.4 is 5.73 Å². The summed E-state index contributed by atoms with van der Waals surface area (Å²) in [5.41, 5.74) is 8.49. The molecule has 0 fully saturated rings. The lowest BCUT2D eigenvalue weighted by molar-refractivity contribution is 0.844. The van der Waals surface area contributed by atoms with E-state index in [4.69, 9.17) is 18.0 Å². The van der Waals surface area contributed by atoms with Crippen molar-refractivity contribution in [2.24, 2.45) is 5.73 Å². The molecule has 1 aromatic rings. The van der Waals surface area contributed by atoms with Gasteiger partial charge in [0, 0.05) is 4.90 Å². The summed E-state index contributed by atoms with van der Waals surface area (Å²) in [7, 11) is 0. The predicted molar refractivity (Wildman–Crippen MR) is 77.1 cm³/mol. The van der Waals surface area contributed by atoms with Gasteiger partial charge in [0.05, 0.1) is 0 Å². The first-order valence-corrected chi connectivity index (χ1v) is 6.99. The van der Waals surface area contributed by atoms with Gasteiger partial charge >= 0.3 is 0 Å². The van der Waals surface area contributed by atoms with E-state index < -0.39 is 0 Å². The molecule has 88 valence electrons. The fourth-order valence-corrected chi connectivity index (χ4v) is 2.84. The molecule has 0 saturated carbocycles. The largest absolute Gasteiger partial charge is 0.384 e. The number of aryl methyl sites for hydroxylation is 1. The molecule has 0 aliphatic heterocycles. The van der Waals surface area contributed by atoms with Gasteiger partial charge in [-0.3, -0.25) is 0 Å². The summed E-state index contributed by atoms with van der Waals surface area (Å²) in [5, 5.41) is 0. The Hall–Kier alpha value is -0.540. The third-order valence-electron chi connectivity index (χ3n) is 2.46. The number of hydrogen-bond donors (Lipinski definition) is 1. The first kappa shape index (κ1) is 13.5. The highest BCUT2D eigenvalue weighted by molar-refractivity contribution is 8.23. The van der Waals surface area contributed by atoms with Crippen molar-refractivity contribution in [3.8, 4) is 0 Å². The first-order chi connectivity index (χ1) is 7.69. The van der Waals surface area contributed by atoms with Crippen molar-refractivity contribution < 1.29 is 0 Å². The maximum absolute atomic E-state index is 5.61. The van der Waals surface area contributed by atoms with Gasteiger partial charge in [-0.1, -0.05) is 62.8 Å². The molecule has 2 N–H and O–H groups in total. The third kappa shape index (κ3) is 3.80. The van der Waals surface area contributed by atoms with Crippen LogP contribution in [0, 0.1) is 0 Å². The van der Waals surface area contributed by atoms with E-state index >= 15 is 0 Å². The summed E-state index contributed by atoms with van der Waals surface area (Å²) >= 11 is 6.48. The van der Waals surface area contributed by atoms with E-state index in [1.54, 1.807) is 0 Å². The molecule has 0 aliphatic carbocycles. The van der Waals surface area contributed by atoms with E-state index in [2.05, 4.69) is 32.0 Å². The van der Waals surface area contributed by atoms with Gasteiger partial charge in [-0.15, -0.1) is 0 Å². The highest BCUT2D eigenvalue weighted by Crippen LogP contribution is 2.27. The molecule has 0 atom stereocenters. The van der Waals surface area contributed by atoms with Crippen LogP contribution in [0.1, 0.15) is 37.8 Å². The lowest BCUT2D eigenvalue weighted by atomic mass is 10.00. The van der Waals surface area contributed by atoms with Crippen LogP contribution in [0.5, 0.6) is 0 Å². The Balaban J connectivity index is 3.04. The van der Waals surface area contributed by atoms with Crippen molar-refractivity contribution in [2.75, 3.05) is 0 Å². The van der Waals surface area contributed by atoms with E-state index in [0.29, 0.717) is 4.32 Å². The van der Waals surface area contributed by atoms with Crippen molar-refractivity contribution in [1.82, 2.24) is 0 Å². The second-order valence-electron chi connectivity index (χ2n) is 3.81. The Morgan fingerprint density at radius 3 is 2.50 bits per heavy atom. The molecule has 0 aromatic heterocycles. The molecule has 1 rings (SSSR count). The summed E-state index contributed by atoms with van der Waals surface area (Å²) in [6.45, 7) is 4.42. The SMILES string of the molecule is CCCc1cccc(SC(N)=S)c1CCC. The second kappa shape index (κ2) is 6.92. The number of thioether (sulfide) groups is 1. The molecular weight excluding hydrogens is 234 g/mol. The molecule has 3 heteroatoms. The van der Waals surface area contributed by atoms with Crippen LogP contribution in [0.2, 0.25) is 0 Å². The molecule has 0 spiro atoms. The standard InChI is InChI=1S/C13H19NS2/c1-3-6-10-8-5-9-12(16-13(14)15)11(10)7-4-2/h5,8-9H,3-4,6-7H2,1-2H3,(H2,14,15). The zero-order valence-corrected chi connectivity index (χ0v) is 11.6. The van der Waals surface area contributed by atoms with Gasteiger partial charge in [0.25, 0.3) is 0 Å². The Bertz CT molecular complexity index is 361. The van der Waals surface area contributed by atoms with Gasteiger partial charge in [-0.2, -0.15) is 0 Å². The summed E-state index contributed by atoms with van der Waals surface area (Å²) in [6.07, 6.45) is 4.59. The van der Waals surface area contributed by atoms with Gasteiger partial charge in [-0.05, 0) is 30.0 Å². The van der Waals surface area contributed by atoms with Crippen molar-refractivity contribution in [1.29, 1.82) is 0 Å². The maximum Gasteiger partial charge on any atom is 0.136 e. The number of benzene rings is 1. The lowest BCUT2D eigenvalue weighted by Gasteiger charge is -2.12. The van der Waals surface area contributed by atoms with E-state index in [-0.39, 0.29) is 0 Å². The fourth-order valence-electron chi connectivity index (χ4n) is 1.85. The van der Waals surface area contributed by atoms with E-state index in [1.807, 2.05) is 0 Å². The molecule has 0 amide bonds. The van der Waals surface area contributed by atoms with E-state index in [1.165, 1.54) is 34.2 Å². The van der Waals surface area contributed by atoms with Crippen LogP contribution in [0.25, 0.3) is 0 Å². The highest BCUT2D eigenvalue weighted by Gasteiger charge is 2.08. The molecule has 0 bridgehead atoms. The Morgan fingerprint density at radius 1 is 1.25 bits per heavy atom. The van der Waals surface area contributed by atoms with Crippen LogP contribution in [-0.4, -0.2) is 4.32 Å². The molecule has 1 aromatic carbocycles. The van der Waals surface area contributed by atoms with Gasteiger partial charge in [0.1, 0.15) is 4.32 Å². The summed E-state index contributed by atoms with van der Waals surface area (Å²) in [5.74, 6) is 0. The van der Waals surface area contributed by atoms with Crippen molar-refractivity contribution >= 4 is 28.3 Å². The van der Waals surface area contributed by atoms with Crippen molar-refractivity contribution in [3.63, 3.8) is 0 Å². The second-order valence-corrected chi connectivity index (χ2v) is 5.60. The van der Waals surface area contributed by atoms with Crippen LogP contribution in [-0.2, 0) is 12.8 Å². The normalized spacial score (nSPS) is 10.4. The molecule has 0 radical (unpaired) electrons. The van der Waals surface area contributed by atoms with E-state index in [9.17, 15) is 0 Å². The number of thiocarbonyl (C=S) groups is 1. The maximum atomic E-state index is 5.61. The molecule has 16 heavy (non-hydrogen) atoms. The van der Waals surface area contributed by atoms with Gasteiger partial charge in [0.2, 0.25) is 0 Å². The Kier molecular flexibility index (Phi) is 5.85. The van der Waals surface area contributed by atoms with Gasteiger partial charge in [-0.25, -0.2) is 0 Å². The summed E-state index contributed by atoms with van der Waals surface area (Å²) in [6, 6.07) is 6.44. The van der Waals surface area contributed by atoms with Gasteiger partial charge < -0.3 is 5.73 Å². The molecule has 0 unspecified atom stereocenters. The number of nitrogens with two attached hydrogens (primary N) is 1. The topological polar surface area (TPSA) is 26.0 Å². The monoisotopic (exact) mass is 253 g/mol.